The second-order valence-electron chi connectivity index (χ2n) is 7.44. The van der Waals surface area contributed by atoms with Crippen LogP contribution in [0, 0.1) is 17.3 Å². The van der Waals surface area contributed by atoms with Crippen LogP contribution in [0.3, 0.4) is 0 Å². The summed E-state index contributed by atoms with van der Waals surface area (Å²) in [7, 11) is 0. The molecule has 2 heterocycles. The van der Waals surface area contributed by atoms with E-state index in [1.807, 2.05) is 0 Å². The number of hydrogen-bond donors (Lipinski definition) is 1. The molecular formula is C16H31ClN2O. The summed E-state index contributed by atoms with van der Waals surface area (Å²) in [6.07, 6.45) is 5.56. The molecule has 0 aromatic heterocycles. The molecule has 0 spiro atoms. The Morgan fingerprint density at radius 3 is 2.55 bits per heavy atom. The maximum absolute atomic E-state index is 12.4. The first-order valence-corrected chi connectivity index (χ1v) is 7.95. The lowest BCUT2D eigenvalue weighted by molar-refractivity contribution is -0.132. The van der Waals surface area contributed by atoms with Gasteiger partial charge in [0.1, 0.15) is 0 Å². The van der Waals surface area contributed by atoms with E-state index in [1.54, 1.807) is 0 Å². The fraction of sp³-hybridized carbons (Fsp3) is 0.938. The molecule has 3 nitrogen and oxygen atoms in total. The first kappa shape index (κ1) is 17.8. The van der Waals surface area contributed by atoms with Crippen molar-refractivity contribution in [3.63, 3.8) is 0 Å². The van der Waals surface area contributed by atoms with Gasteiger partial charge in [0.2, 0.25) is 5.91 Å². The molecule has 4 heteroatoms. The number of amides is 1. The van der Waals surface area contributed by atoms with E-state index in [2.05, 4.69) is 31.0 Å². The van der Waals surface area contributed by atoms with E-state index in [0.717, 1.165) is 38.5 Å². The fourth-order valence-corrected chi connectivity index (χ4v) is 3.48. The molecule has 2 unspecified atom stereocenters. The molecule has 1 amide bonds. The quantitative estimate of drug-likeness (QED) is 0.850. The van der Waals surface area contributed by atoms with Crippen LogP contribution in [0.4, 0.5) is 0 Å². The number of hydrogen-bond acceptors (Lipinski definition) is 2. The largest absolute Gasteiger partial charge is 0.343 e. The van der Waals surface area contributed by atoms with Crippen molar-refractivity contribution in [2.24, 2.45) is 17.3 Å². The summed E-state index contributed by atoms with van der Waals surface area (Å²) in [5.74, 6) is 1.73. The molecule has 118 valence electrons. The highest BCUT2D eigenvalue weighted by Gasteiger charge is 2.29. The predicted octanol–water partition coefficient (Wildman–Crippen LogP) is 3.08. The Morgan fingerprint density at radius 1 is 1.20 bits per heavy atom. The summed E-state index contributed by atoms with van der Waals surface area (Å²) >= 11 is 0. The van der Waals surface area contributed by atoms with E-state index in [1.165, 1.54) is 25.7 Å². The maximum Gasteiger partial charge on any atom is 0.222 e. The van der Waals surface area contributed by atoms with Gasteiger partial charge in [0.25, 0.3) is 0 Å². The maximum atomic E-state index is 12.4. The van der Waals surface area contributed by atoms with Gasteiger partial charge < -0.3 is 10.2 Å². The third kappa shape index (κ3) is 4.92. The molecule has 2 saturated heterocycles. The van der Waals surface area contributed by atoms with Gasteiger partial charge in [0.05, 0.1) is 0 Å². The van der Waals surface area contributed by atoms with Crippen molar-refractivity contribution >= 4 is 18.3 Å². The van der Waals surface area contributed by atoms with E-state index in [9.17, 15) is 4.79 Å². The summed E-state index contributed by atoms with van der Waals surface area (Å²) in [5.41, 5.74) is 0.383. The molecule has 20 heavy (non-hydrogen) atoms. The molecule has 2 aliphatic heterocycles. The van der Waals surface area contributed by atoms with Crippen molar-refractivity contribution in [3.8, 4) is 0 Å². The third-order valence-corrected chi connectivity index (χ3v) is 4.93. The first-order chi connectivity index (χ1) is 8.97. The minimum atomic E-state index is 0. The van der Waals surface area contributed by atoms with Crippen LogP contribution >= 0.6 is 12.4 Å². The Morgan fingerprint density at radius 2 is 1.95 bits per heavy atom. The number of halogens is 1. The van der Waals surface area contributed by atoms with Crippen molar-refractivity contribution in [1.29, 1.82) is 0 Å². The van der Waals surface area contributed by atoms with E-state index in [0.29, 0.717) is 17.2 Å². The number of rotatable bonds is 2. The van der Waals surface area contributed by atoms with Gasteiger partial charge in [-0.3, -0.25) is 4.79 Å². The fourth-order valence-electron chi connectivity index (χ4n) is 3.48. The summed E-state index contributed by atoms with van der Waals surface area (Å²) in [6.45, 7) is 11.1. The molecule has 2 atom stereocenters. The number of carbonyl (C=O) groups excluding carboxylic acids is 1. The van der Waals surface area contributed by atoms with Crippen molar-refractivity contribution in [2.75, 3.05) is 26.2 Å². The molecular weight excluding hydrogens is 272 g/mol. The highest BCUT2D eigenvalue weighted by atomic mass is 35.5. The van der Waals surface area contributed by atoms with E-state index in [4.69, 9.17) is 0 Å². The van der Waals surface area contributed by atoms with E-state index in [-0.39, 0.29) is 12.4 Å². The zero-order valence-corrected chi connectivity index (χ0v) is 14.1. The zero-order chi connectivity index (χ0) is 13.9. The second kappa shape index (κ2) is 7.65. The average Bonchev–Trinajstić information content (AvgIpc) is 2.69. The molecule has 0 bridgehead atoms. The van der Waals surface area contributed by atoms with Crippen molar-refractivity contribution in [3.05, 3.63) is 0 Å². The van der Waals surface area contributed by atoms with Gasteiger partial charge in [-0.2, -0.15) is 0 Å². The lowest BCUT2D eigenvalue weighted by Crippen LogP contribution is -2.34. The molecule has 0 aromatic rings. The molecule has 0 aliphatic carbocycles. The van der Waals surface area contributed by atoms with Crippen LogP contribution in [-0.2, 0) is 4.79 Å². The molecule has 0 radical (unpaired) electrons. The summed E-state index contributed by atoms with van der Waals surface area (Å²) in [6, 6.07) is 0. The van der Waals surface area contributed by atoms with Crippen LogP contribution < -0.4 is 5.32 Å². The Labute approximate surface area is 130 Å². The Balaban J connectivity index is 0.00000200. The number of nitrogens with zero attached hydrogens (tertiary/aromatic N) is 1. The number of nitrogens with one attached hydrogen (secondary N) is 1. The molecule has 2 rings (SSSR count). The monoisotopic (exact) mass is 302 g/mol. The lowest BCUT2D eigenvalue weighted by atomic mass is 9.77. The average molecular weight is 303 g/mol. The highest BCUT2D eigenvalue weighted by molar-refractivity contribution is 5.85. The van der Waals surface area contributed by atoms with Crippen molar-refractivity contribution in [1.82, 2.24) is 10.2 Å². The van der Waals surface area contributed by atoms with Crippen LogP contribution in [0.25, 0.3) is 0 Å². The van der Waals surface area contributed by atoms with Gasteiger partial charge in [-0.25, -0.2) is 0 Å². The zero-order valence-electron chi connectivity index (χ0n) is 13.3. The van der Waals surface area contributed by atoms with Crippen molar-refractivity contribution < 1.29 is 4.79 Å². The smallest absolute Gasteiger partial charge is 0.222 e. The van der Waals surface area contributed by atoms with Gasteiger partial charge in [-0.05, 0) is 56.0 Å². The standard InChI is InChI=1S/C16H30N2O.ClH/c1-16(2,3)14-5-4-9-18(10-7-14)15(19)11-13-6-8-17-12-13;/h13-14,17H,4-12H2,1-3H3;1H. The van der Waals surface area contributed by atoms with Crippen LogP contribution in [0.2, 0.25) is 0 Å². The Kier molecular flexibility index (Phi) is 6.80. The normalized spacial score (nSPS) is 27.9. The number of carbonyl (C=O) groups is 1. The minimum Gasteiger partial charge on any atom is -0.343 e. The first-order valence-electron chi connectivity index (χ1n) is 7.95. The van der Waals surface area contributed by atoms with Gasteiger partial charge in [-0.15, -0.1) is 12.4 Å². The van der Waals surface area contributed by atoms with Gasteiger partial charge in [-0.1, -0.05) is 20.8 Å². The predicted molar refractivity (Wildman–Crippen MR) is 86.2 cm³/mol. The third-order valence-electron chi connectivity index (χ3n) is 4.93. The van der Waals surface area contributed by atoms with Crippen molar-refractivity contribution in [2.45, 2.75) is 52.9 Å². The van der Waals surface area contributed by atoms with E-state index >= 15 is 0 Å². The number of likely N-dealkylation sites (tertiary alicyclic amines) is 1. The van der Waals surface area contributed by atoms with Gasteiger partial charge >= 0.3 is 0 Å². The summed E-state index contributed by atoms with van der Waals surface area (Å²) in [5, 5.41) is 3.35. The molecule has 1 N–H and O–H groups in total. The van der Waals surface area contributed by atoms with Crippen LogP contribution in [0.1, 0.15) is 52.9 Å². The molecule has 0 aromatic carbocycles. The Hall–Kier alpha value is -0.280. The SMILES string of the molecule is CC(C)(C)C1CCCN(C(=O)CC2CCNC2)CC1.Cl. The molecule has 2 fully saturated rings. The highest BCUT2D eigenvalue weighted by Crippen LogP contribution is 2.34. The molecule has 2 aliphatic rings. The van der Waals surface area contributed by atoms with Crippen LogP contribution in [0.15, 0.2) is 0 Å². The second-order valence-corrected chi connectivity index (χ2v) is 7.44. The van der Waals surface area contributed by atoms with Crippen LogP contribution in [0.5, 0.6) is 0 Å². The van der Waals surface area contributed by atoms with E-state index < -0.39 is 0 Å². The Bertz CT molecular complexity index is 308. The molecule has 0 saturated carbocycles. The van der Waals surface area contributed by atoms with Crippen LogP contribution in [-0.4, -0.2) is 37.0 Å². The summed E-state index contributed by atoms with van der Waals surface area (Å²) < 4.78 is 0. The van der Waals surface area contributed by atoms with Gasteiger partial charge in [0, 0.05) is 19.5 Å². The van der Waals surface area contributed by atoms with Gasteiger partial charge in [0.15, 0.2) is 0 Å². The minimum absolute atomic E-state index is 0. The summed E-state index contributed by atoms with van der Waals surface area (Å²) in [4.78, 5) is 14.5. The topological polar surface area (TPSA) is 32.3 Å². The lowest BCUT2D eigenvalue weighted by Gasteiger charge is -2.29.